The third-order valence-corrected chi connectivity index (χ3v) is 10.9. The summed E-state index contributed by atoms with van der Waals surface area (Å²) in [5.74, 6) is 1.45. The molecule has 1 aromatic heterocycles. The highest BCUT2D eigenvalue weighted by atomic mass is 32.2. The molecule has 0 spiro atoms. The first-order chi connectivity index (χ1) is 18.7. The molecule has 2 nitrogen and oxygen atoms in total. The average Bonchev–Trinajstić information content (AvgIpc) is 3.48. The highest BCUT2D eigenvalue weighted by molar-refractivity contribution is 8.03. The van der Waals surface area contributed by atoms with Gasteiger partial charge in [-0.25, -0.2) is 0 Å². The second-order valence-corrected chi connectivity index (χ2v) is 13.0. The lowest BCUT2D eigenvalue weighted by Gasteiger charge is -2.36. The Hall–Kier alpha value is -2.82. The average molecular weight is 536 g/mol. The zero-order valence-corrected chi connectivity index (χ0v) is 24.0. The van der Waals surface area contributed by atoms with E-state index >= 15 is 0 Å². The number of rotatable bonds is 4. The van der Waals surface area contributed by atoms with Crippen LogP contribution in [0.3, 0.4) is 0 Å². The summed E-state index contributed by atoms with van der Waals surface area (Å²) in [6.45, 7) is 6.53. The Morgan fingerprint density at radius 2 is 1.68 bits per heavy atom. The van der Waals surface area contributed by atoms with Crippen molar-refractivity contribution in [3.63, 3.8) is 0 Å². The Morgan fingerprint density at radius 1 is 0.895 bits per heavy atom. The first-order valence-corrected chi connectivity index (χ1v) is 15.8. The van der Waals surface area contributed by atoms with Crippen LogP contribution in [0.2, 0.25) is 0 Å². The first kappa shape index (κ1) is 24.2. The predicted molar refractivity (Wildman–Crippen MR) is 163 cm³/mol. The number of hydrogen-bond donors (Lipinski definition) is 0. The number of fused-ring (bicyclic) bond motifs is 4. The number of para-hydroxylation sites is 2. The monoisotopic (exact) mass is 535 g/mol. The first-order valence-electron chi connectivity index (χ1n) is 14.2. The van der Waals surface area contributed by atoms with Crippen LogP contribution in [0.15, 0.2) is 105 Å². The SMILES string of the molecule is CCN1/C(=C/C2=CC3=CC4=C/C(=C/c5sc6ccccc6[n+]5CC)CCC4CC3CC2)Sc2ccccc21. The second kappa shape index (κ2) is 10.1. The Kier molecular flexibility index (Phi) is 6.41. The normalized spacial score (nSPS) is 24.7. The maximum Gasteiger partial charge on any atom is 0.263 e. The molecule has 0 saturated heterocycles. The quantitative estimate of drug-likeness (QED) is 0.308. The van der Waals surface area contributed by atoms with Crippen molar-refractivity contribution in [2.75, 3.05) is 11.4 Å². The van der Waals surface area contributed by atoms with E-state index in [1.165, 1.54) is 74.1 Å². The highest BCUT2D eigenvalue weighted by Gasteiger charge is 2.31. The molecule has 2 atom stereocenters. The van der Waals surface area contributed by atoms with E-state index in [9.17, 15) is 0 Å². The minimum Gasteiger partial charge on any atom is -0.335 e. The Bertz CT molecular complexity index is 1560. The van der Waals surface area contributed by atoms with Gasteiger partial charge in [0, 0.05) is 23.6 Å². The molecule has 2 heterocycles. The van der Waals surface area contributed by atoms with Gasteiger partial charge in [0.25, 0.3) is 5.01 Å². The lowest BCUT2D eigenvalue weighted by molar-refractivity contribution is -0.665. The number of nitrogens with zero attached hydrogens (tertiary/aromatic N) is 2. The summed E-state index contributed by atoms with van der Waals surface area (Å²) in [7, 11) is 0. The third-order valence-electron chi connectivity index (χ3n) is 8.64. The molecule has 3 aliphatic carbocycles. The van der Waals surface area contributed by atoms with Gasteiger partial charge in [0.2, 0.25) is 5.52 Å². The molecule has 0 bridgehead atoms. The van der Waals surface area contributed by atoms with Crippen LogP contribution < -0.4 is 9.47 Å². The van der Waals surface area contributed by atoms with Gasteiger partial charge in [0.05, 0.1) is 10.7 Å². The second-order valence-electron chi connectivity index (χ2n) is 10.9. The van der Waals surface area contributed by atoms with Crippen molar-refractivity contribution in [3.05, 3.63) is 105 Å². The molecular formula is C34H35N2S2+. The third kappa shape index (κ3) is 4.32. The van der Waals surface area contributed by atoms with Crippen LogP contribution in [-0.2, 0) is 6.54 Å². The zero-order valence-electron chi connectivity index (χ0n) is 22.3. The number of hydrogen-bond acceptors (Lipinski definition) is 3. The van der Waals surface area contributed by atoms with Crippen molar-refractivity contribution >= 4 is 45.1 Å². The van der Waals surface area contributed by atoms with Crippen molar-refractivity contribution in [2.24, 2.45) is 11.8 Å². The number of allylic oxidation sites excluding steroid dienone is 8. The predicted octanol–water partition coefficient (Wildman–Crippen LogP) is 9.07. The van der Waals surface area contributed by atoms with Crippen LogP contribution in [0.4, 0.5) is 5.69 Å². The van der Waals surface area contributed by atoms with Gasteiger partial charge in [0.15, 0.2) is 0 Å². The molecule has 7 rings (SSSR count). The number of aryl methyl sites for hydroxylation is 1. The summed E-state index contributed by atoms with van der Waals surface area (Å²) in [5.41, 5.74) is 8.80. The van der Waals surface area contributed by atoms with E-state index in [-0.39, 0.29) is 0 Å². The standard InChI is InChI=1S/C34H35N2S2/c1-3-35-29-9-5-7-11-31(29)37-33(35)19-23-13-15-25-21-26-16-14-24(18-28(26)22-27(25)17-23)20-34-36(4-2)30-10-6-8-12-32(30)38-34/h5-12,17-20,22,25-26H,3-4,13-16,21H2,1-2H3/q+1. The van der Waals surface area contributed by atoms with Gasteiger partial charge in [-0.05, 0) is 104 Å². The number of anilines is 1. The fourth-order valence-electron chi connectivity index (χ4n) is 6.70. The lowest BCUT2D eigenvalue weighted by atomic mass is 9.69. The topological polar surface area (TPSA) is 7.12 Å². The summed E-state index contributed by atoms with van der Waals surface area (Å²) >= 11 is 3.84. The number of aromatic nitrogens is 1. The molecule has 2 unspecified atom stereocenters. The molecule has 0 fully saturated rings. The molecule has 4 heteroatoms. The molecule has 0 amide bonds. The minimum atomic E-state index is 0.727. The van der Waals surface area contributed by atoms with Gasteiger partial charge in [-0.1, -0.05) is 65.6 Å². The van der Waals surface area contributed by atoms with E-state index in [2.05, 4.69) is 102 Å². The number of thiazole rings is 1. The minimum absolute atomic E-state index is 0.727. The van der Waals surface area contributed by atoms with E-state index in [0.29, 0.717) is 0 Å². The molecule has 3 aromatic rings. The molecule has 38 heavy (non-hydrogen) atoms. The highest BCUT2D eigenvalue weighted by Crippen LogP contribution is 2.48. The Balaban J connectivity index is 1.19. The van der Waals surface area contributed by atoms with Gasteiger partial charge in [-0.3, -0.25) is 0 Å². The van der Waals surface area contributed by atoms with Crippen LogP contribution >= 0.6 is 23.1 Å². The summed E-state index contributed by atoms with van der Waals surface area (Å²) in [6, 6.07) is 17.6. The molecule has 1 aliphatic heterocycles. The van der Waals surface area contributed by atoms with E-state index in [4.69, 9.17) is 0 Å². The van der Waals surface area contributed by atoms with Crippen LogP contribution in [0.1, 0.15) is 51.0 Å². The van der Waals surface area contributed by atoms with Gasteiger partial charge < -0.3 is 4.90 Å². The van der Waals surface area contributed by atoms with Gasteiger partial charge >= 0.3 is 0 Å². The fourth-order valence-corrected chi connectivity index (χ4v) is 9.11. The maximum absolute atomic E-state index is 2.55. The summed E-state index contributed by atoms with van der Waals surface area (Å²) < 4.78 is 3.85. The molecule has 0 N–H and O–H groups in total. The van der Waals surface area contributed by atoms with E-state index < -0.39 is 0 Å². The lowest BCUT2D eigenvalue weighted by Crippen LogP contribution is -2.33. The molecular weight excluding hydrogens is 501 g/mol. The fraction of sp³-hybridized carbons (Fsp3) is 0.324. The van der Waals surface area contributed by atoms with Crippen molar-refractivity contribution in [1.29, 1.82) is 0 Å². The summed E-state index contributed by atoms with van der Waals surface area (Å²) in [6.07, 6.45) is 18.8. The van der Waals surface area contributed by atoms with E-state index in [1.807, 2.05) is 23.1 Å². The Labute approximate surface area is 234 Å². The molecule has 0 saturated carbocycles. The molecule has 0 radical (unpaired) electrons. The van der Waals surface area contributed by atoms with Crippen molar-refractivity contribution in [1.82, 2.24) is 0 Å². The number of benzene rings is 2. The van der Waals surface area contributed by atoms with E-state index in [1.54, 1.807) is 11.1 Å². The van der Waals surface area contributed by atoms with E-state index in [0.717, 1.165) is 24.9 Å². The number of thioether (sulfide) groups is 1. The van der Waals surface area contributed by atoms with Crippen molar-refractivity contribution < 1.29 is 4.57 Å². The molecule has 192 valence electrons. The van der Waals surface area contributed by atoms with Crippen LogP contribution in [0.25, 0.3) is 16.3 Å². The molecule has 2 aromatic carbocycles. The van der Waals surface area contributed by atoms with Crippen LogP contribution in [0.5, 0.6) is 0 Å². The van der Waals surface area contributed by atoms with Gasteiger partial charge in [-0.2, -0.15) is 4.57 Å². The van der Waals surface area contributed by atoms with Crippen molar-refractivity contribution in [3.8, 4) is 0 Å². The van der Waals surface area contributed by atoms with Gasteiger partial charge in [0.1, 0.15) is 11.2 Å². The van der Waals surface area contributed by atoms with Crippen LogP contribution in [0, 0.1) is 11.8 Å². The maximum atomic E-state index is 2.55. The van der Waals surface area contributed by atoms with Gasteiger partial charge in [-0.15, -0.1) is 0 Å². The molecule has 4 aliphatic rings. The summed E-state index contributed by atoms with van der Waals surface area (Å²) in [4.78, 5) is 3.85. The van der Waals surface area contributed by atoms with Crippen LogP contribution in [-0.4, -0.2) is 6.54 Å². The largest absolute Gasteiger partial charge is 0.335 e. The smallest absolute Gasteiger partial charge is 0.263 e. The summed E-state index contributed by atoms with van der Waals surface area (Å²) in [5, 5.41) is 2.75. The Morgan fingerprint density at radius 3 is 2.55 bits per heavy atom. The van der Waals surface area contributed by atoms with Crippen molar-refractivity contribution in [2.45, 2.75) is 57.4 Å². The zero-order chi connectivity index (χ0) is 25.6.